The Balaban J connectivity index is 3.10. The van der Waals surface area contributed by atoms with E-state index < -0.39 is 28.4 Å². The molecule has 0 aliphatic rings. The Bertz CT molecular complexity index is 372. The summed E-state index contributed by atoms with van der Waals surface area (Å²) in [5.74, 6) is -4.37. The average molecular weight is 227 g/mol. The molecule has 0 aliphatic carbocycles. The van der Waals surface area contributed by atoms with E-state index in [9.17, 15) is 22.4 Å². The molecule has 0 fully saturated rings. The summed E-state index contributed by atoms with van der Waals surface area (Å²) in [4.78, 5) is 10.8. The Hall–Kier alpha value is -1.10. The zero-order valence-electron chi connectivity index (χ0n) is 6.53. The molecule has 0 radical (unpaired) electrons. The van der Waals surface area contributed by atoms with Gasteiger partial charge in [0.25, 0.3) is 0 Å². The van der Waals surface area contributed by atoms with Gasteiger partial charge in [0.2, 0.25) is 5.78 Å². The zero-order valence-corrected chi connectivity index (χ0v) is 7.29. The van der Waals surface area contributed by atoms with Crippen LogP contribution in [0.2, 0.25) is 0 Å². The lowest BCUT2D eigenvalue weighted by atomic mass is 10.1. The molecule has 6 heteroatoms. The van der Waals surface area contributed by atoms with Gasteiger partial charge in [-0.15, -0.1) is 0 Å². The lowest BCUT2D eigenvalue weighted by molar-refractivity contribution is 0.0535. The number of halogens is 5. The van der Waals surface area contributed by atoms with Crippen LogP contribution in [0.1, 0.15) is 10.4 Å². The van der Waals surface area contributed by atoms with Crippen molar-refractivity contribution >= 4 is 17.4 Å². The Morgan fingerprint density at radius 3 is 2.21 bits per heavy atom. The molecule has 0 saturated heterocycles. The maximum atomic E-state index is 12.5. The molecule has 0 unspecified atom stereocenters. The highest BCUT2D eigenvalue weighted by molar-refractivity contribution is 6.35. The molecule has 0 heterocycles. The average Bonchev–Trinajstić information content (AvgIpc) is 2.07. The minimum absolute atomic E-state index is 0.369. The van der Waals surface area contributed by atoms with Gasteiger partial charge in [0.05, 0.1) is 0 Å². The van der Waals surface area contributed by atoms with Crippen molar-refractivity contribution in [3.05, 3.63) is 35.4 Å². The van der Waals surface area contributed by atoms with E-state index in [0.29, 0.717) is 12.1 Å². The topological polar surface area (TPSA) is 17.1 Å². The fourth-order valence-corrected chi connectivity index (χ4v) is 0.910. The third-order valence-corrected chi connectivity index (χ3v) is 1.61. The number of rotatable bonds is 2. The molecule has 0 saturated carbocycles. The number of carbonyl (C=O) groups is 1. The standard InChI is InChI=1S/C8H3ClF4O/c9-8(12,13)7(14)4-1-2-5(10)6(11)3-4/h1-3H. The summed E-state index contributed by atoms with van der Waals surface area (Å²) in [5.41, 5.74) is -0.677. The molecule has 0 bridgehead atoms. The van der Waals surface area contributed by atoms with Gasteiger partial charge >= 0.3 is 5.38 Å². The van der Waals surface area contributed by atoms with E-state index in [4.69, 9.17) is 0 Å². The number of hydrogen-bond acceptors (Lipinski definition) is 1. The fraction of sp³-hybridized carbons (Fsp3) is 0.125. The number of hydrogen-bond donors (Lipinski definition) is 0. The number of ketones is 1. The van der Waals surface area contributed by atoms with Crippen LogP contribution in [0.3, 0.4) is 0 Å². The number of alkyl halides is 3. The molecule has 1 nitrogen and oxygen atoms in total. The lowest BCUT2D eigenvalue weighted by Crippen LogP contribution is -2.21. The fourth-order valence-electron chi connectivity index (χ4n) is 0.801. The Labute approximate surface area is 81.3 Å². The van der Waals surface area contributed by atoms with E-state index in [1.54, 1.807) is 0 Å². The van der Waals surface area contributed by atoms with Gasteiger partial charge in [0, 0.05) is 5.56 Å². The van der Waals surface area contributed by atoms with Crippen molar-refractivity contribution in [2.75, 3.05) is 0 Å². The van der Waals surface area contributed by atoms with Gasteiger partial charge in [0.15, 0.2) is 11.6 Å². The molecule has 0 spiro atoms. The van der Waals surface area contributed by atoms with E-state index in [0.717, 1.165) is 6.07 Å². The number of carbonyl (C=O) groups excluding carboxylic acids is 1. The predicted octanol–water partition coefficient (Wildman–Crippen LogP) is 2.98. The minimum Gasteiger partial charge on any atom is -0.286 e. The monoisotopic (exact) mass is 226 g/mol. The van der Waals surface area contributed by atoms with Gasteiger partial charge in [-0.2, -0.15) is 8.78 Å². The summed E-state index contributed by atoms with van der Waals surface area (Å²) >= 11 is 4.41. The van der Waals surface area contributed by atoms with Gasteiger partial charge in [0.1, 0.15) is 0 Å². The van der Waals surface area contributed by atoms with Gasteiger partial charge < -0.3 is 0 Å². The predicted molar refractivity (Wildman–Crippen MR) is 41.5 cm³/mol. The first kappa shape index (κ1) is 11.0. The molecule has 14 heavy (non-hydrogen) atoms. The van der Waals surface area contributed by atoms with Crippen molar-refractivity contribution in [3.63, 3.8) is 0 Å². The van der Waals surface area contributed by atoms with E-state index in [1.165, 1.54) is 0 Å². The van der Waals surface area contributed by atoms with Crippen molar-refractivity contribution in [2.45, 2.75) is 5.38 Å². The summed E-state index contributed by atoms with van der Waals surface area (Å²) in [7, 11) is 0. The summed E-state index contributed by atoms with van der Waals surface area (Å²) < 4.78 is 49.3. The van der Waals surface area contributed by atoms with E-state index in [-0.39, 0.29) is 0 Å². The van der Waals surface area contributed by atoms with Crippen molar-refractivity contribution in [3.8, 4) is 0 Å². The molecule has 76 valence electrons. The van der Waals surface area contributed by atoms with Crippen LogP contribution in [0.15, 0.2) is 18.2 Å². The molecule has 1 aromatic carbocycles. The molecular weight excluding hydrogens is 224 g/mol. The second kappa shape index (κ2) is 3.57. The summed E-state index contributed by atoms with van der Waals surface area (Å²) in [6.07, 6.45) is 0. The van der Waals surface area contributed by atoms with Crippen molar-refractivity contribution in [1.82, 2.24) is 0 Å². The van der Waals surface area contributed by atoms with Gasteiger partial charge in [-0.3, -0.25) is 4.79 Å². The molecular formula is C8H3ClF4O. The molecule has 1 rings (SSSR count). The first-order valence-corrected chi connectivity index (χ1v) is 3.77. The maximum Gasteiger partial charge on any atom is 0.384 e. The Kier molecular flexibility index (Phi) is 2.80. The van der Waals surface area contributed by atoms with Crippen LogP contribution in [-0.4, -0.2) is 11.2 Å². The highest BCUT2D eigenvalue weighted by atomic mass is 35.5. The van der Waals surface area contributed by atoms with Crippen LogP contribution in [0.5, 0.6) is 0 Å². The third kappa shape index (κ3) is 2.23. The van der Waals surface area contributed by atoms with Crippen LogP contribution in [0, 0.1) is 11.6 Å². The largest absolute Gasteiger partial charge is 0.384 e. The van der Waals surface area contributed by atoms with Crippen molar-refractivity contribution in [1.29, 1.82) is 0 Å². The van der Waals surface area contributed by atoms with E-state index in [2.05, 4.69) is 11.6 Å². The smallest absolute Gasteiger partial charge is 0.286 e. The Morgan fingerprint density at radius 1 is 1.21 bits per heavy atom. The molecule has 0 amide bonds. The molecule has 0 atom stereocenters. The summed E-state index contributed by atoms with van der Waals surface area (Å²) in [5, 5.41) is -4.11. The minimum atomic E-state index is -4.11. The lowest BCUT2D eigenvalue weighted by Gasteiger charge is -2.06. The first-order valence-electron chi connectivity index (χ1n) is 3.39. The van der Waals surface area contributed by atoms with Crippen LogP contribution >= 0.6 is 11.6 Å². The summed E-state index contributed by atoms with van der Waals surface area (Å²) in [6, 6.07) is 1.68. The number of Topliss-reactive ketones (excluding diaryl/α,β-unsaturated/α-hetero) is 1. The molecule has 0 N–H and O–H groups in total. The third-order valence-electron chi connectivity index (χ3n) is 1.44. The highest BCUT2D eigenvalue weighted by Crippen LogP contribution is 2.24. The van der Waals surface area contributed by atoms with Crippen LogP contribution in [0.4, 0.5) is 17.6 Å². The van der Waals surface area contributed by atoms with Crippen LogP contribution in [0.25, 0.3) is 0 Å². The first-order chi connectivity index (χ1) is 6.32. The van der Waals surface area contributed by atoms with E-state index in [1.807, 2.05) is 0 Å². The van der Waals surface area contributed by atoms with Crippen molar-refractivity contribution in [2.24, 2.45) is 0 Å². The second-order valence-electron chi connectivity index (χ2n) is 2.46. The van der Waals surface area contributed by atoms with E-state index >= 15 is 0 Å². The highest BCUT2D eigenvalue weighted by Gasteiger charge is 2.36. The van der Waals surface area contributed by atoms with Gasteiger partial charge in [-0.1, -0.05) is 0 Å². The quantitative estimate of drug-likeness (QED) is 0.430. The van der Waals surface area contributed by atoms with Crippen LogP contribution in [-0.2, 0) is 0 Å². The van der Waals surface area contributed by atoms with Gasteiger partial charge in [-0.25, -0.2) is 8.78 Å². The molecule has 1 aromatic rings. The zero-order chi connectivity index (χ0) is 10.9. The number of benzene rings is 1. The SMILES string of the molecule is O=C(c1ccc(F)c(F)c1)C(F)(F)Cl. The maximum absolute atomic E-state index is 12.5. The summed E-state index contributed by atoms with van der Waals surface area (Å²) in [6.45, 7) is 0. The normalized spacial score (nSPS) is 11.5. The van der Waals surface area contributed by atoms with Crippen molar-refractivity contribution < 1.29 is 22.4 Å². The molecule has 0 aromatic heterocycles. The van der Waals surface area contributed by atoms with Crippen LogP contribution < -0.4 is 0 Å². The van der Waals surface area contributed by atoms with Gasteiger partial charge in [-0.05, 0) is 29.8 Å². The second-order valence-corrected chi connectivity index (χ2v) is 2.93. The Morgan fingerprint density at radius 2 is 1.79 bits per heavy atom. The molecule has 0 aliphatic heterocycles.